The highest BCUT2D eigenvalue weighted by molar-refractivity contribution is 5.93. The summed E-state index contributed by atoms with van der Waals surface area (Å²) >= 11 is 0. The quantitative estimate of drug-likeness (QED) is 0.845. The van der Waals surface area contributed by atoms with Gasteiger partial charge in [-0.15, -0.1) is 0 Å². The van der Waals surface area contributed by atoms with Crippen molar-refractivity contribution in [2.24, 2.45) is 0 Å². The minimum atomic E-state index is -0.698. The highest BCUT2D eigenvalue weighted by Crippen LogP contribution is 2.11. The molecule has 1 atom stereocenters. The minimum Gasteiger partial charge on any atom is -0.444 e. The van der Waals surface area contributed by atoms with Crippen LogP contribution in [0.5, 0.6) is 0 Å². The predicted molar refractivity (Wildman–Crippen MR) is 84.6 cm³/mol. The zero-order chi connectivity index (χ0) is 17.6. The van der Waals surface area contributed by atoms with Crippen LogP contribution in [0.15, 0.2) is 18.3 Å². The molecule has 7 heteroatoms. The molecule has 0 aliphatic carbocycles. The first kappa shape index (κ1) is 18.9. The SMILES string of the molecule is C[C@@H](CCNC(=O)c1ccnc(F)c1)N(C)C(=O)OC(C)(C)C. The van der Waals surface area contributed by atoms with Crippen molar-refractivity contribution >= 4 is 12.0 Å². The van der Waals surface area contributed by atoms with Gasteiger partial charge in [0.25, 0.3) is 5.91 Å². The van der Waals surface area contributed by atoms with Crippen LogP contribution in [0.25, 0.3) is 0 Å². The van der Waals surface area contributed by atoms with Gasteiger partial charge in [0.2, 0.25) is 5.95 Å². The van der Waals surface area contributed by atoms with Crippen LogP contribution in [0, 0.1) is 5.95 Å². The smallest absolute Gasteiger partial charge is 0.410 e. The lowest BCUT2D eigenvalue weighted by Crippen LogP contribution is -2.41. The van der Waals surface area contributed by atoms with Gasteiger partial charge in [0.05, 0.1) is 0 Å². The van der Waals surface area contributed by atoms with Crippen LogP contribution in [-0.4, -0.2) is 47.1 Å². The third-order valence-corrected chi connectivity index (χ3v) is 3.18. The number of rotatable bonds is 5. The monoisotopic (exact) mass is 325 g/mol. The van der Waals surface area contributed by atoms with Crippen LogP contribution in [0.2, 0.25) is 0 Å². The van der Waals surface area contributed by atoms with Gasteiger partial charge in [0.1, 0.15) is 5.60 Å². The van der Waals surface area contributed by atoms with E-state index in [9.17, 15) is 14.0 Å². The van der Waals surface area contributed by atoms with Crippen molar-refractivity contribution in [2.45, 2.75) is 45.8 Å². The number of carbonyl (C=O) groups excluding carboxylic acids is 2. The zero-order valence-corrected chi connectivity index (χ0v) is 14.2. The van der Waals surface area contributed by atoms with Crippen molar-refractivity contribution in [2.75, 3.05) is 13.6 Å². The largest absolute Gasteiger partial charge is 0.444 e. The van der Waals surface area contributed by atoms with E-state index in [2.05, 4.69) is 10.3 Å². The molecule has 0 bridgehead atoms. The van der Waals surface area contributed by atoms with Crippen molar-refractivity contribution in [3.63, 3.8) is 0 Å². The summed E-state index contributed by atoms with van der Waals surface area (Å²) in [5, 5.41) is 2.69. The van der Waals surface area contributed by atoms with Crippen LogP contribution >= 0.6 is 0 Å². The Morgan fingerprint density at radius 1 is 1.43 bits per heavy atom. The summed E-state index contributed by atoms with van der Waals surface area (Å²) in [6, 6.07) is 2.40. The van der Waals surface area contributed by atoms with E-state index in [1.165, 1.54) is 17.2 Å². The van der Waals surface area contributed by atoms with E-state index in [0.717, 1.165) is 6.07 Å². The third kappa shape index (κ3) is 6.63. The number of nitrogens with one attached hydrogen (secondary N) is 1. The number of carbonyl (C=O) groups is 2. The number of amides is 2. The van der Waals surface area contributed by atoms with Crippen LogP contribution in [-0.2, 0) is 4.74 Å². The molecule has 2 amide bonds. The first-order valence-corrected chi connectivity index (χ1v) is 7.45. The van der Waals surface area contributed by atoms with Gasteiger partial charge in [-0.3, -0.25) is 4.79 Å². The summed E-state index contributed by atoms with van der Waals surface area (Å²) in [5.74, 6) is -1.07. The first-order valence-electron chi connectivity index (χ1n) is 7.45. The summed E-state index contributed by atoms with van der Waals surface area (Å²) in [7, 11) is 1.65. The second-order valence-corrected chi connectivity index (χ2v) is 6.35. The van der Waals surface area contributed by atoms with Crippen LogP contribution in [0.3, 0.4) is 0 Å². The maximum atomic E-state index is 13.0. The van der Waals surface area contributed by atoms with E-state index in [1.807, 2.05) is 6.92 Å². The molecule has 1 heterocycles. The van der Waals surface area contributed by atoms with Gasteiger partial charge in [0, 0.05) is 37.5 Å². The van der Waals surface area contributed by atoms with Gasteiger partial charge in [-0.05, 0) is 40.2 Å². The maximum Gasteiger partial charge on any atom is 0.410 e. The van der Waals surface area contributed by atoms with Gasteiger partial charge in [-0.25, -0.2) is 9.78 Å². The molecule has 0 fully saturated rings. The van der Waals surface area contributed by atoms with Crippen LogP contribution < -0.4 is 5.32 Å². The zero-order valence-electron chi connectivity index (χ0n) is 14.2. The molecule has 0 saturated carbocycles. The van der Waals surface area contributed by atoms with E-state index in [-0.39, 0.29) is 17.5 Å². The van der Waals surface area contributed by atoms with Gasteiger partial charge < -0.3 is 15.0 Å². The normalized spacial score (nSPS) is 12.4. The van der Waals surface area contributed by atoms with E-state index >= 15 is 0 Å². The molecule has 1 aromatic rings. The molecule has 6 nitrogen and oxygen atoms in total. The average molecular weight is 325 g/mol. The Kier molecular flexibility index (Phi) is 6.48. The standard InChI is InChI=1S/C16H24FN3O3/c1-11(20(5)15(22)23-16(2,3)4)6-8-19-14(21)12-7-9-18-13(17)10-12/h7,9-11H,6,8H2,1-5H3,(H,19,21)/t11-/m0/s1. The van der Waals surface area contributed by atoms with Gasteiger partial charge in [0.15, 0.2) is 0 Å². The number of halogens is 1. The molecule has 1 N–H and O–H groups in total. The lowest BCUT2D eigenvalue weighted by atomic mass is 10.2. The molecule has 0 spiro atoms. The first-order chi connectivity index (χ1) is 10.6. The lowest BCUT2D eigenvalue weighted by molar-refractivity contribution is 0.0230. The molecule has 0 aliphatic rings. The fourth-order valence-corrected chi connectivity index (χ4v) is 1.75. The molecule has 0 radical (unpaired) electrons. The lowest BCUT2D eigenvalue weighted by Gasteiger charge is -2.28. The van der Waals surface area contributed by atoms with Gasteiger partial charge in [-0.2, -0.15) is 4.39 Å². The maximum absolute atomic E-state index is 13.0. The number of ether oxygens (including phenoxy) is 1. The molecule has 0 aromatic carbocycles. The Bertz CT molecular complexity index is 558. The summed E-state index contributed by atoms with van der Waals surface area (Å²) in [5.41, 5.74) is -0.337. The number of hydrogen-bond donors (Lipinski definition) is 1. The van der Waals surface area contributed by atoms with Crippen molar-refractivity contribution in [3.8, 4) is 0 Å². The molecular weight excluding hydrogens is 301 g/mol. The summed E-state index contributed by atoms with van der Waals surface area (Å²) in [6.45, 7) is 7.63. The highest BCUT2D eigenvalue weighted by atomic mass is 19.1. The van der Waals surface area contributed by atoms with Gasteiger partial charge >= 0.3 is 6.09 Å². The average Bonchev–Trinajstić information content (AvgIpc) is 2.44. The molecule has 128 valence electrons. The Morgan fingerprint density at radius 2 is 2.09 bits per heavy atom. The van der Waals surface area contributed by atoms with Crippen molar-refractivity contribution in [1.82, 2.24) is 15.2 Å². The van der Waals surface area contributed by atoms with Crippen molar-refractivity contribution in [3.05, 3.63) is 29.8 Å². The van der Waals surface area contributed by atoms with Crippen LogP contribution in [0.1, 0.15) is 44.5 Å². The van der Waals surface area contributed by atoms with Crippen LogP contribution in [0.4, 0.5) is 9.18 Å². The fraction of sp³-hybridized carbons (Fsp3) is 0.562. The third-order valence-electron chi connectivity index (χ3n) is 3.18. The molecule has 0 aliphatic heterocycles. The predicted octanol–water partition coefficient (Wildman–Crippen LogP) is 2.60. The number of aromatic nitrogens is 1. The van der Waals surface area contributed by atoms with E-state index in [4.69, 9.17) is 4.74 Å². The number of hydrogen-bond acceptors (Lipinski definition) is 4. The molecule has 1 rings (SSSR count). The molecule has 0 saturated heterocycles. The highest BCUT2D eigenvalue weighted by Gasteiger charge is 2.22. The second kappa shape index (κ2) is 7.89. The van der Waals surface area contributed by atoms with Gasteiger partial charge in [-0.1, -0.05) is 0 Å². The number of pyridine rings is 1. The topological polar surface area (TPSA) is 71.5 Å². The Labute approximate surface area is 136 Å². The Hall–Kier alpha value is -2.18. The van der Waals surface area contributed by atoms with Crippen molar-refractivity contribution in [1.29, 1.82) is 0 Å². The summed E-state index contributed by atoms with van der Waals surface area (Å²) in [4.78, 5) is 28.7. The molecule has 0 unspecified atom stereocenters. The fourth-order valence-electron chi connectivity index (χ4n) is 1.75. The summed E-state index contributed by atoms with van der Waals surface area (Å²) < 4.78 is 18.2. The molecule has 23 heavy (non-hydrogen) atoms. The minimum absolute atomic E-state index is 0.112. The summed E-state index contributed by atoms with van der Waals surface area (Å²) in [6.07, 6.45) is 1.38. The van der Waals surface area contributed by atoms with E-state index in [0.29, 0.717) is 13.0 Å². The van der Waals surface area contributed by atoms with E-state index in [1.54, 1.807) is 27.8 Å². The molecule has 1 aromatic heterocycles. The van der Waals surface area contributed by atoms with E-state index < -0.39 is 17.6 Å². The number of nitrogens with zero attached hydrogens (tertiary/aromatic N) is 2. The molecular formula is C16H24FN3O3. The Balaban J connectivity index is 2.42. The second-order valence-electron chi connectivity index (χ2n) is 6.35. The van der Waals surface area contributed by atoms with Crippen molar-refractivity contribution < 1.29 is 18.7 Å². The Morgan fingerprint density at radius 3 is 2.65 bits per heavy atom.